The van der Waals surface area contributed by atoms with Gasteiger partial charge < -0.3 is 15.4 Å². The Morgan fingerprint density at radius 2 is 2.19 bits per heavy atom. The van der Waals surface area contributed by atoms with Crippen molar-refractivity contribution in [1.82, 2.24) is 0 Å². The molecule has 116 valence electrons. The first-order chi connectivity index (χ1) is 9.79. The summed E-state index contributed by atoms with van der Waals surface area (Å²) in [5.74, 6) is -0.587. The predicted octanol–water partition coefficient (Wildman–Crippen LogP) is 2.60. The van der Waals surface area contributed by atoms with Gasteiger partial charge in [-0.2, -0.15) is 13.2 Å². The van der Waals surface area contributed by atoms with Crippen LogP contribution >= 0.6 is 0 Å². The minimum Gasteiger partial charge on any atom is -0.384 e. The zero-order chi connectivity index (χ0) is 15.6. The number of nitrogens with two attached hydrogens (primary N) is 1. The summed E-state index contributed by atoms with van der Waals surface area (Å²) in [5, 5.41) is 7.26. The molecule has 0 amide bonds. The van der Waals surface area contributed by atoms with Crippen molar-refractivity contribution in [2.75, 3.05) is 25.1 Å². The molecule has 1 fully saturated rings. The summed E-state index contributed by atoms with van der Waals surface area (Å²) in [4.78, 5) is 1.73. The van der Waals surface area contributed by atoms with E-state index in [4.69, 9.17) is 15.9 Å². The minimum absolute atomic E-state index is 0.0526. The van der Waals surface area contributed by atoms with Gasteiger partial charge in [-0.25, -0.2) is 0 Å². The maximum absolute atomic E-state index is 13.1. The average Bonchev–Trinajstić information content (AvgIpc) is 2.89. The van der Waals surface area contributed by atoms with E-state index in [0.29, 0.717) is 18.8 Å². The number of anilines is 1. The van der Waals surface area contributed by atoms with Crippen LogP contribution in [0.5, 0.6) is 0 Å². The molecule has 4 nitrogen and oxygen atoms in total. The van der Waals surface area contributed by atoms with Gasteiger partial charge in [0.25, 0.3) is 0 Å². The average molecular weight is 301 g/mol. The van der Waals surface area contributed by atoms with E-state index in [1.807, 2.05) is 0 Å². The first-order valence-corrected chi connectivity index (χ1v) is 6.67. The molecule has 0 bridgehead atoms. The monoisotopic (exact) mass is 301 g/mol. The summed E-state index contributed by atoms with van der Waals surface area (Å²) in [6.07, 6.45) is -2.59. The second-order valence-corrected chi connectivity index (χ2v) is 5.16. The third-order valence-electron chi connectivity index (χ3n) is 3.54. The molecule has 1 saturated heterocycles. The zero-order valence-corrected chi connectivity index (χ0v) is 11.7. The van der Waals surface area contributed by atoms with Crippen LogP contribution in [-0.4, -0.2) is 32.1 Å². The molecule has 21 heavy (non-hydrogen) atoms. The van der Waals surface area contributed by atoms with Gasteiger partial charge >= 0.3 is 6.18 Å². The fourth-order valence-electron chi connectivity index (χ4n) is 2.44. The van der Waals surface area contributed by atoms with Crippen LogP contribution in [0, 0.1) is 5.41 Å². The summed E-state index contributed by atoms with van der Waals surface area (Å²) in [5.41, 5.74) is 4.47. The Labute approximate surface area is 121 Å². The number of nitrogens with zero attached hydrogens (tertiary/aromatic N) is 1. The summed E-state index contributed by atoms with van der Waals surface area (Å²) in [7, 11) is 1.73. The lowest BCUT2D eigenvalue weighted by Gasteiger charge is -2.24. The number of hydrogen-bond donors (Lipinski definition) is 2. The number of nitrogen functional groups attached to an aromatic ring is 1. The predicted molar refractivity (Wildman–Crippen MR) is 74.7 cm³/mol. The van der Waals surface area contributed by atoms with E-state index in [1.54, 1.807) is 18.0 Å². The van der Waals surface area contributed by atoms with E-state index in [2.05, 4.69) is 0 Å². The maximum Gasteiger partial charge on any atom is 0.417 e. The first-order valence-electron chi connectivity index (χ1n) is 6.67. The molecule has 1 heterocycles. The van der Waals surface area contributed by atoms with E-state index in [1.165, 1.54) is 6.07 Å². The van der Waals surface area contributed by atoms with Gasteiger partial charge in [0.05, 0.1) is 11.7 Å². The van der Waals surface area contributed by atoms with Crippen molar-refractivity contribution in [2.45, 2.75) is 25.1 Å². The molecule has 0 spiro atoms. The highest BCUT2D eigenvalue weighted by molar-refractivity contribution is 5.97. The van der Waals surface area contributed by atoms with E-state index in [0.717, 1.165) is 18.9 Å². The molecule has 7 heteroatoms. The molecule has 1 aromatic rings. The van der Waals surface area contributed by atoms with E-state index < -0.39 is 17.6 Å². The third kappa shape index (κ3) is 3.66. The van der Waals surface area contributed by atoms with Crippen molar-refractivity contribution in [2.24, 2.45) is 5.73 Å². The molecular formula is C14H18F3N3O. The quantitative estimate of drug-likeness (QED) is 0.664. The van der Waals surface area contributed by atoms with Crippen LogP contribution in [0.15, 0.2) is 18.2 Å². The molecule has 0 radical (unpaired) electrons. The smallest absolute Gasteiger partial charge is 0.384 e. The van der Waals surface area contributed by atoms with E-state index >= 15 is 0 Å². The summed E-state index contributed by atoms with van der Waals surface area (Å²) < 4.78 is 44.7. The van der Waals surface area contributed by atoms with Crippen molar-refractivity contribution < 1.29 is 17.9 Å². The Balaban J connectivity index is 2.26. The Bertz CT molecular complexity index is 525. The molecule has 2 rings (SSSR count). The van der Waals surface area contributed by atoms with E-state index in [9.17, 15) is 13.2 Å². The van der Waals surface area contributed by atoms with Gasteiger partial charge in [0.2, 0.25) is 0 Å². The van der Waals surface area contributed by atoms with E-state index in [-0.39, 0.29) is 11.7 Å². The highest BCUT2D eigenvalue weighted by Crippen LogP contribution is 2.34. The number of alkyl halides is 3. The lowest BCUT2D eigenvalue weighted by molar-refractivity contribution is -0.137. The van der Waals surface area contributed by atoms with Gasteiger partial charge in [0.15, 0.2) is 0 Å². The zero-order valence-electron chi connectivity index (χ0n) is 11.7. The second-order valence-electron chi connectivity index (χ2n) is 5.16. The molecule has 1 aliphatic heterocycles. The summed E-state index contributed by atoms with van der Waals surface area (Å²) in [6.45, 7) is 1.24. The Morgan fingerprint density at radius 1 is 1.48 bits per heavy atom. The normalized spacial score (nSPS) is 18.8. The largest absolute Gasteiger partial charge is 0.417 e. The number of nitrogens with one attached hydrogen (secondary N) is 1. The number of benzene rings is 1. The van der Waals surface area contributed by atoms with Crippen LogP contribution < -0.4 is 10.6 Å². The second kappa shape index (κ2) is 5.93. The minimum atomic E-state index is -4.54. The highest BCUT2D eigenvalue weighted by atomic mass is 19.4. The van der Waals surface area contributed by atoms with Gasteiger partial charge in [0, 0.05) is 31.5 Å². The van der Waals surface area contributed by atoms with Crippen LogP contribution in [0.2, 0.25) is 0 Å². The lowest BCUT2D eigenvalue weighted by Crippen LogP contribution is -2.29. The standard InChI is InChI=1S/C14H18F3N3O/c1-20(8-10-3-2-6-21-10)9-4-5-11(13(18)19)12(7-9)14(15,16)17/h4-5,7,10H,2-3,6,8H2,1H3,(H3,18,19). The fourth-order valence-corrected chi connectivity index (χ4v) is 2.44. The summed E-state index contributed by atoms with van der Waals surface area (Å²) in [6, 6.07) is 3.82. The van der Waals surface area contributed by atoms with Gasteiger partial charge in [0.1, 0.15) is 5.84 Å². The van der Waals surface area contributed by atoms with Crippen LogP contribution in [0.4, 0.5) is 18.9 Å². The number of likely N-dealkylation sites (N-methyl/N-ethyl adjacent to an activating group) is 1. The topological polar surface area (TPSA) is 62.3 Å². The number of hydrogen-bond acceptors (Lipinski definition) is 3. The first kappa shape index (κ1) is 15.6. The number of rotatable bonds is 4. The Morgan fingerprint density at radius 3 is 2.71 bits per heavy atom. The maximum atomic E-state index is 13.1. The van der Waals surface area contributed by atoms with Gasteiger partial charge in [-0.1, -0.05) is 0 Å². The molecule has 1 aliphatic rings. The van der Waals surface area contributed by atoms with Crippen molar-refractivity contribution >= 4 is 11.5 Å². The third-order valence-corrected chi connectivity index (χ3v) is 3.54. The van der Waals surface area contributed by atoms with Crippen molar-refractivity contribution in [1.29, 1.82) is 5.41 Å². The highest BCUT2D eigenvalue weighted by Gasteiger charge is 2.34. The molecule has 0 saturated carbocycles. The van der Waals surface area contributed by atoms with Gasteiger partial charge in [-0.3, -0.25) is 5.41 Å². The lowest BCUT2D eigenvalue weighted by atomic mass is 10.0. The molecular weight excluding hydrogens is 283 g/mol. The summed E-state index contributed by atoms with van der Waals surface area (Å²) >= 11 is 0. The van der Waals surface area contributed by atoms with Crippen molar-refractivity contribution in [3.63, 3.8) is 0 Å². The Kier molecular flexibility index (Phi) is 4.41. The fraction of sp³-hybridized carbons (Fsp3) is 0.500. The molecule has 3 N–H and O–H groups in total. The molecule has 0 aliphatic carbocycles. The van der Waals surface area contributed by atoms with Gasteiger partial charge in [-0.15, -0.1) is 0 Å². The van der Waals surface area contributed by atoms with Crippen LogP contribution in [-0.2, 0) is 10.9 Å². The number of halogens is 3. The molecule has 0 aromatic heterocycles. The number of amidine groups is 1. The Hall–Kier alpha value is -1.76. The van der Waals surface area contributed by atoms with Crippen LogP contribution in [0.25, 0.3) is 0 Å². The molecule has 1 aromatic carbocycles. The number of ether oxygens (including phenoxy) is 1. The van der Waals surface area contributed by atoms with Gasteiger partial charge in [-0.05, 0) is 31.0 Å². The molecule has 1 atom stereocenters. The van der Waals surface area contributed by atoms with Crippen molar-refractivity contribution in [3.8, 4) is 0 Å². The van der Waals surface area contributed by atoms with Crippen molar-refractivity contribution in [3.05, 3.63) is 29.3 Å². The van der Waals surface area contributed by atoms with Crippen LogP contribution in [0.3, 0.4) is 0 Å². The van der Waals surface area contributed by atoms with Crippen LogP contribution in [0.1, 0.15) is 24.0 Å². The molecule has 1 unspecified atom stereocenters. The SMILES string of the molecule is CN(CC1CCCO1)c1ccc(C(=N)N)c(C(F)(F)F)c1.